The normalized spacial score (nSPS) is 12.4. The molecule has 0 spiro atoms. The SMILES string of the molecule is Cc1cc(C(=O)COC(=O)/C=C/c2cc3c(cc2[N+](=O)[O-])OCO3)c(C)n1C. The molecule has 0 aliphatic carbocycles. The Labute approximate surface area is 160 Å². The highest BCUT2D eigenvalue weighted by atomic mass is 16.7. The third-order valence-electron chi connectivity index (χ3n) is 4.54. The first-order valence-corrected chi connectivity index (χ1v) is 8.37. The zero-order chi connectivity index (χ0) is 20.4. The molecule has 9 nitrogen and oxygen atoms in total. The van der Waals surface area contributed by atoms with E-state index in [1.807, 2.05) is 18.5 Å². The number of hydrogen-bond acceptors (Lipinski definition) is 7. The second kappa shape index (κ2) is 7.55. The highest BCUT2D eigenvalue weighted by Crippen LogP contribution is 2.38. The van der Waals surface area contributed by atoms with E-state index in [0.717, 1.165) is 17.5 Å². The Hall–Kier alpha value is -3.62. The van der Waals surface area contributed by atoms with Gasteiger partial charge in [-0.15, -0.1) is 0 Å². The van der Waals surface area contributed by atoms with Crippen LogP contribution in [-0.2, 0) is 16.6 Å². The molecule has 0 amide bonds. The van der Waals surface area contributed by atoms with Crippen molar-refractivity contribution in [2.75, 3.05) is 13.4 Å². The Morgan fingerprint density at radius 3 is 2.54 bits per heavy atom. The van der Waals surface area contributed by atoms with E-state index in [-0.39, 0.29) is 29.6 Å². The number of carbonyl (C=O) groups excluding carboxylic acids is 2. The monoisotopic (exact) mass is 386 g/mol. The van der Waals surface area contributed by atoms with Crippen molar-refractivity contribution in [3.63, 3.8) is 0 Å². The van der Waals surface area contributed by atoms with Crippen LogP contribution in [0.5, 0.6) is 11.5 Å². The van der Waals surface area contributed by atoms with Crippen molar-refractivity contribution in [2.24, 2.45) is 7.05 Å². The number of hydrogen-bond donors (Lipinski definition) is 0. The Morgan fingerprint density at radius 1 is 1.25 bits per heavy atom. The fourth-order valence-corrected chi connectivity index (χ4v) is 2.80. The number of nitro groups is 1. The number of nitrogens with zero attached hydrogens (tertiary/aromatic N) is 2. The fraction of sp³-hybridized carbons (Fsp3) is 0.263. The Kier molecular flexibility index (Phi) is 5.16. The van der Waals surface area contributed by atoms with Gasteiger partial charge in [-0.2, -0.15) is 0 Å². The molecule has 1 aliphatic heterocycles. The van der Waals surface area contributed by atoms with Gasteiger partial charge in [0.05, 0.1) is 16.6 Å². The Morgan fingerprint density at radius 2 is 1.93 bits per heavy atom. The van der Waals surface area contributed by atoms with Crippen LogP contribution in [0.15, 0.2) is 24.3 Å². The molecule has 1 aromatic carbocycles. The molecular weight excluding hydrogens is 368 g/mol. The maximum absolute atomic E-state index is 12.2. The molecule has 0 bridgehead atoms. The number of Topliss-reactive ketones (excluding diaryl/α,β-unsaturated/α-hetero) is 1. The molecule has 2 heterocycles. The summed E-state index contributed by atoms with van der Waals surface area (Å²) in [6.07, 6.45) is 2.27. The number of ether oxygens (including phenoxy) is 3. The van der Waals surface area contributed by atoms with Gasteiger partial charge < -0.3 is 18.8 Å². The lowest BCUT2D eigenvalue weighted by atomic mass is 10.1. The van der Waals surface area contributed by atoms with E-state index >= 15 is 0 Å². The maximum Gasteiger partial charge on any atom is 0.331 e. The summed E-state index contributed by atoms with van der Waals surface area (Å²) in [5.41, 5.74) is 2.11. The Bertz CT molecular complexity index is 1000. The predicted molar refractivity (Wildman–Crippen MR) is 98.4 cm³/mol. The van der Waals surface area contributed by atoms with Crippen LogP contribution in [-0.4, -0.2) is 34.6 Å². The van der Waals surface area contributed by atoms with Crippen LogP contribution < -0.4 is 9.47 Å². The number of fused-ring (bicyclic) bond motifs is 1. The van der Waals surface area contributed by atoms with Gasteiger partial charge in [0.1, 0.15) is 0 Å². The zero-order valence-corrected chi connectivity index (χ0v) is 15.6. The van der Waals surface area contributed by atoms with Crippen LogP contribution in [0, 0.1) is 24.0 Å². The van der Waals surface area contributed by atoms with E-state index in [2.05, 4.69) is 0 Å². The van der Waals surface area contributed by atoms with Crippen molar-refractivity contribution in [2.45, 2.75) is 13.8 Å². The average molecular weight is 386 g/mol. The summed E-state index contributed by atoms with van der Waals surface area (Å²) >= 11 is 0. The molecule has 28 heavy (non-hydrogen) atoms. The van der Waals surface area contributed by atoms with Gasteiger partial charge in [-0.05, 0) is 32.1 Å². The van der Waals surface area contributed by atoms with Crippen molar-refractivity contribution in [1.82, 2.24) is 4.57 Å². The minimum Gasteiger partial charge on any atom is -0.454 e. The van der Waals surface area contributed by atoms with Gasteiger partial charge in [0.25, 0.3) is 5.69 Å². The van der Waals surface area contributed by atoms with Crippen LogP contribution in [0.3, 0.4) is 0 Å². The maximum atomic E-state index is 12.2. The van der Waals surface area contributed by atoms with Gasteiger partial charge in [-0.1, -0.05) is 0 Å². The standard InChI is InChI=1S/C19H18N2O7/c1-11-6-14(12(2)20(11)3)16(22)9-26-19(23)5-4-13-7-17-18(28-10-27-17)8-15(13)21(24)25/h4-8H,9-10H2,1-3H3/b5-4+. The van der Waals surface area contributed by atoms with E-state index in [1.54, 1.807) is 13.0 Å². The third-order valence-corrected chi connectivity index (χ3v) is 4.54. The number of benzene rings is 1. The highest BCUT2D eigenvalue weighted by Gasteiger charge is 2.22. The number of rotatable bonds is 6. The lowest BCUT2D eigenvalue weighted by Gasteiger charge is -2.03. The molecule has 0 radical (unpaired) electrons. The molecule has 0 unspecified atom stereocenters. The summed E-state index contributed by atoms with van der Waals surface area (Å²) in [4.78, 5) is 34.8. The van der Waals surface area contributed by atoms with Gasteiger partial charge in [-0.3, -0.25) is 14.9 Å². The molecule has 146 valence electrons. The van der Waals surface area contributed by atoms with Crippen molar-refractivity contribution >= 4 is 23.5 Å². The van der Waals surface area contributed by atoms with Crippen molar-refractivity contribution in [1.29, 1.82) is 0 Å². The first-order chi connectivity index (χ1) is 13.3. The third kappa shape index (κ3) is 3.73. The summed E-state index contributed by atoms with van der Waals surface area (Å²) < 4.78 is 17.1. The highest BCUT2D eigenvalue weighted by molar-refractivity contribution is 6.00. The van der Waals surface area contributed by atoms with Crippen LogP contribution in [0.2, 0.25) is 0 Å². The zero-order valence-electron chi connectivity index (χ0n) is 15.6. The second-order valence-electron chi connectivity index (χ2n) is 6.23. The topological polar surface area (TPSA) is 110 Å². The minimum atomic E-state index is -0.786. The number of aromatic nitrogens is 1. The molecule has 0 saturated carbocycles. The van der Waals surface area contributed by atoms with Crippen LogP contribution >= 0.6 is 0 Å². The quantitative estimate of drug-likeness (QED) is 0.247. The number of carbonyl (C=O) groups is 2. The van der Waals surface area contributed by atoms with Gasteiger partial charge >= 0.3 is 5.97 Å². The molecule has 1 aromatic heterocycles. The van der Waals surface area contributed by atoms with Gasteiger partial charge in [-0.25, -0.2) is 4.79 Å². The first-order valence-electron chi connectivity index (χ1n) is 8.37. The molecule has 0 N–H and O–H groups in total. The van der Waals surface area contributed by atoms with Gasteiger partial charge in [0.2, 0.25) is 12.6 Å². The number of nitro benzene ring substituents is 1. The minimum absolute atomic E-state index is 0.0256. The van der Waals surface area contributed by atoms with Crippen molar-refractivity contribution in [3.8, 4) is 11.5 Å². The summed E-state index contributed by atoms with van der Waals surface area (Å²) in [5.74, 6) is -0.489. The fourth-order valence-electron chi connectivity index (χ4n) is 2.80. The molecule has 2 aromatic rings. The Balaban J connectivity index is 1.68. The van der Waals surface area contributed by atoms with Crippen LogP contribution in [0.25, 0.3) is 6.08 Å². The molecule has 0 fully saturated rings. The largest absolute Gasteiger partial charge is 0.454 e. The molecule has 3 rings (SSSR count). The summed E-state index contributed by atoms with van der Waals surface area (Å²) in [6.45, 7) is 3.23. The van der Waals surface area contributed by atoms with E-state index in [0.29, 0.717) is 11.3 Å². The predicted octanol–water partition coefficient (Wildman–Crippen LogP) is 2.72. The van der Waals surface area contributed by atoms with E-state index in [1.165, 1.54) is 18.2 Å². The van der Waals surface area contributed by atoms with Crippen molar-refractivity contribution < 1.29 is 28.7 Å². The molecule has 0 atom stereocenters. The number of ketones is 1. The summed E-state index contributed by atoms with van der Waals surface area (Å²) in [6, 6.07) is 4.38. The van der Waals surface area contributed by atoms with E-state index in [4.69, 9.17) is 14.2 Å². The average Bonchev–Trinajstić information content (AvgIpc) is 3.22. The smallest absolute Gasteiger partial charge is 0.331 e. The lowest BCUT2D eigenvalue weighted by molar-refractivity contribution is -0.385. The molecule has 1 aliphatic rings. The molecular formula is C19H18N2O7. The van der Waals surface area contributed by atoms with Crippen LogP contribution in [0.1, 0.15) is 27.3 Å². The summed E-state index contributed by atoms with van der Waals surface area (Å²) in [5, 5.41) is 11.2. The number of aryl methyl sites for hydroxylation is 1. The van der Waals surface area contributed by atoms with Gasteiger partial charge in [0, 0.05) is 30.1 Å². The van der Waals surface area contributed by atoms with E-state index < -0.39 is 17.5 Å². The van der Waals surface area contributed by atoms with Crippen molar-refractivity contribution in [3.05, 3.63) is 56.9 Å². The molecule has 0 saturated heterocycles. The van der Waals surface area contributed by atoms with Gasteiger partial charge in [0.15, 0.2) is 18.1 Å². The number of esters is 1. The van der Waals surface area contributed by atoms with Crippen LogP contribution in [0.4, 0.5) is 5.69 Å². The summed E-state index contributed by atoms with van der Waals surface area (Å²) in [7, 11) is 1.84. The molecule has 9 heteroatoms. The lowest BCUT2D eigenvalue weighted by Crippen LogP contribution is -2.13. The van der Waals surface area contributed by atoms with E-state index in [9.17, 15) is 19.7 Å². The second-order valence-corrected chi connectivity index (χ2v) is 6.23. The first kappa shape index (κ1) is 19.2.